The van der Waals surface area contributed by atoms with Crippen molar-refractivity contribution in [3.05, 3.63) is 59.2 Å². The highest BCUT2D eigenvalue weighted by atomic mass is 16.2. The van der Waals surface area contributed by atoms with Crippen LogP contribution in [0.2, 0.25) is 0 Å². The molecule has 0 saturated carbocycles. The Labute approximate surface area is 147 Å². The third-order valence-electron chi connectivity index (χ3n) is 5.04. The van der Waals surface area contributed by atoms with Crippen LogP contribution in [0.5, 0.6) is 0 Å². The minimum atomic E-state index is -0.223. The quantitative estimate of drug-likeness (QED) is 0.887. The maximum Gasteiger partial charge on any atom is 0.251 e. The zero-order valence-electron chi connectivity index (χ0n) is 14.4. The van der Waals surface area contributed by atoms with Gasteiger partial charge in [0.15, 0.2) is 0 Å². The van der Waals surface area contributed by atoms with Gasteiger partial charge in [-0.15, -0.1) is 0 Å². The molecule has 2 aromatic carbocycles. The van der Waals surface area contributed by atoms with Crippen LogP contribution >= 0.6 is 0 Å². The van der Waals surface area contributed by atoms with Crippen LogP contribution in [0.3, 0.4) is 0 Å². The Hall–Kier alpha value is -2.82. The first-order chi connectivity index (χ1) is 12.0. The van der Waals surface area contributed by atoms with Crippen LogP contribution < -0.4 is 15.5 Å². The third-order valence-corrected chi connectivity index (χ3v) is 5.04. The summed E-state index contributed by atoms with van der Waals surface area (Å²) in [6.07, 6.45) is 0.622. The molecule has 0 aliphatic carbocycles. The zero-order chi connectivity index (χ0) is 17.6. The minimum absolute atomic E-state index is 0.00182. The van der Waals surface area contributed by atoms with Crippen molar-refractivity contribution in [2.75, 3.05) is 16.8 Å². The van der Waals surface area contributed by atoms with Crippen molar-refractivity contribution in [2.24, 2.45) is 0 Å². The molecular weight excluding hydrogens is 314 g/mol. The summed E-state index contributed by atoms with van der Waals surface area (Å²) < 4.78 is 0. The maximum absolute atomic E-state index is 12.6. The lowest BCUT2D eigenvalue weighted by Crippen LogP contribution is -2.44. The van der Waals surface area contributed by atoms with Gasteiger partial charge in [0.2, 0.25) is 5.91 Å². The van der Waals surface area contributed by atoms with Crippen molar-refractivity contribution in [2.45, 2.75) is 32.4 Å². The number of carbonyl (C=O) groups is 2. The minimum Gasteiger partial charge on any atom is -0.356 e. The number of aryl methyl sites for hydroxylation is 2. The molecule has 2 atom stereocenters. The van der Waals surface area contributed by atoms with Crippen molar-refractivity contribution in [3.8, 4) is 0 Å². The number of hydrogen-bond acceptors (Lipinski definition) is 3. The van der Waals surface area contributed by atoms with E-state index in [0.717, 1.165) is 22.5 Å². The van der Waals surface area contributed by atoms with Gasteiger partial charge in [0.1, 0.15) is 6.04 Å². The SMILES string of the molecule is Cc1ccc(C(=O)NC2CC3C(=O)Nc4ccccc4N3C2)c(C)c1. The zero-order valence-corrected chi connectivity index (χ0v) is 14.4. The van der Waals surface area contributed by atoms with Crippen LogP contribution in [-0.4, -0.2) is 30.4 Å². The van der Waals surface area contributed by atoms with Gasteiger partial charge in [-0.05, 0) is 44.0 Å². The Morgan fingerprint density at radius 1 is 1.20 bits per heavy atom. The summed E-state index contributed by atoms with van der Waals surface area (Å²) in [7, 11) is 0. The molecule has 25 heavy (non-hydrogen) atoms. The lowest BCUT2D eigenvalue weighted by molar-refractivity contribution is -0.117. The van der Waals surface area contributed by atoms with Gasteiger partial charge in [0.05, 0.1) is 11.4 Å². The van der Waals surface area contributed by atoms with E-state index in [1.165, 1.54) is 0 Å². The molecule has 2 aromatic rings. The van der Waals surface area contributed by atoms with E-state index in [4.69, 9.17) is 0 Å². The van der Waals surface area contributed by atoms with E-state index in [1.807, 2.05) is 56.3 Å². The van der Waals surface area contributed by atoms with E-state index >= 15 is 0 Å². The fourth-order valence-corrected chi connectivity index (χ4v) is 3.83. The smallest absolute Gasteiger partial charge is 0.251 e. The van der Waals surface area contributed by atoms with Gasteiger partial charge in [-0.1, -0.05) is 29.8 Å². The molecule has 4 rings (SSSR count). The fourth-order valence-electron chi connectivity index (χ4n) is 3.83. The van der Waals surface area contributed by atoms with E-state index in [9.17, 15) is 9.59 Å². The number of carbonyl (C=O) groups excluding carboxylic acids is 2. The second kappa shape index (κ2) is 5.92. The number of para-hydroxylation sites is 2. The van der Waals surface area contributed by atoms with Crippen LogP contribution in [0.1, 0.15) is 27.9 Å². The van der Waals surface area contributed by atoms with Crippen molar-refractivity contribution >= 4 is 23.2 Å². The average Bonchev–Trinajstić information content (AvgIpc) is 2.99. The summed E-state index contributed by atoms with van der Waals surface area (Å²) in [5, 5.41) is 6.06. The van der Waals surface area contributed by atoms with Gasteiger partial charge in [-0.3, -0.25) is 9.59 Å². The number of anilines is 2. The third kappa shape index (κ3) is 2.76. The van der Waals surface area contributed by atoms with E-state index in [1.54, 1.807) is 0 Å². The number of fused-ring (bicyclic) bond motifs is 3. The molecule has 5 nitrogen and oxygen atoms in total. The first kappa shape index (κ1) is 15.7. The second-order valence-electron chi connectivity index (χ2n) is 6.90. The normalized spacial score (nSPS) is 21.4. The predicted octanol–water partition coefficient (Wildman–Crippen LogP) is 2.63. The van der Waals surface area contributed by atoms with Gasteiger partial charge in [0, 0.05) is 18.2 Å². The highest BCUT2D eigenvalue weighted by molar-refractivity contribution is 6.04. The summed E-state index contributed by atoms with van der Waals surface area (Å²) in [4.78, 5) is 27.1. The number of nitrogens with one attached hydrogen (secondary N) is 2. The molecule has 0 bridgehead atoms. The van der Waals surface area contributed by atoms with Gasteiger partial charge in [0.25, 0.3) is 5.91 Å². The summed E-state index contributed by atoms with van der Waals surface area (Å²) in [6, 6.07) is 13.4. The molecule has 2 amide bonds. The molecule has 2 unspecified atom stereocenters. The van der Waals surface area contributed by atoms with Gasteiger partial charge < -0.3 is 15.5 Å². The monoisotopic (exact) mass is 335 g/mol. The number of benzene rings is 2. The maximum atomic E-state index is 12.6. The van der Waals surface area contributed by atoms with Crippen molar-refractivity contribution < 1.29 is 9.59 Å². The molecule has 128 valence electrons. The average molecular weight is 335 g/mol. The van der Waals surface area contributed by atoms with Crippen molar-refractivity contribution in [1.29, 1.82) is 0 Å². The molecular formula is C20H21N3O2. The number of amides is 2. The molecule has 2 aliphatic heterocycles. The Kier molecular flexibility index (Phi) is 3.71. The standard InChI is InChI=1S/C20H21N3O2/c1-12-7-8-15(13(2)9-12)19(24)21-14-10-18-20(25)22-16-5-3-4-6-17(16)23(18)11-14/h3-9,14,18H,10-11H2,1-2H3,(H,21,24)(H,22,25). The summed E-state index contributed by atoms with van der Waals surface area (Å²) >= 11 is 0. The fraction of sp³-hybridized carbons (Fsp3) is 0.300. The molecule has 5 heteroatoms. The highest BCUT2D eigenvalue weighted by Gasteiger charge is 2.41. The summed E-state index contributed by atoms with van der Waals surface area (Å²) in [6.45, 7) is 4.61. The van der Waals surface area contributed by atoms with Crippen LogP contribution in [0, 0.1) is 13.8 Å². The van der Waals surface area contributed by atoms with E-state index in [0.29, 0.717) is 18.5 Å². The molecule has 1 fully saturated rings. The van der Waals surface area contributed by atoms with Gasteiger partial charge in [-0.25, -0.2) is 0 Å². The Bertz CT molecular complexity index is 862. The van der Waals surface area contributed by atoms with E-state index in [-0.39, 0.29) is 23.9 Å². The largest absolute Gasteiger partial charge is 0.356 e. The van der Waals surface area contributed by atoms with Gasteiger partial charge >= 0.3 is 0 Å². The highest BCUT2D eigenvalue weighted by Crippen LogP contribution is 2.36. The van der Waals surface area contributed by atoms with Crippen LogP contribution in [0.4, 0.5) is 11.4 Å². The van der Waals surface area contributed by atoms with Crippen LogP contribution in [-0.2, 0) is 4.79 Å². The Balaban J connectivity index is 1.53. The van der Waals surface area contributed by atoms with E-state index < -0.39 is 0 Å². The Morgan fingerprint density at radius 2 is 2.00 bits per heavy atom. The topological polar surface area (TPSA) is 61.4 Å². The number of hydrogen-bond donors (Lipinski definition) is 2. The van der Waals surface area contributed by atoms with Crippen molar-refractivity contribution in [3.63, 3.8) is 0 Å². The molecule has 2 heterocycles. The molecule has 0 radical (unpaired) electrons. The van der Waals surface area contributed by atoms with Gasteiger partial charge in [-0.2, -0.15) is 0 Å². The van der Waals surface area contributed by atoms with E-state index in [2.05, 4.69) is 15.5 Å². The van der Waals surface area contributed by atoms with Crippen molar-refractivity contribution in [1.82, 2.24) is 5.32 Å². The lowest BCUT2D eigenvalue weighted by atomic mass is 10.0. The predicted molar refractivity (Wildman–Crippen MR) is 98.0 cm³/mol. The summed E-state index contributed by atoms with van der Waals surface area (Å²) in [5.74, 6) is -0.0713. The summed E-state index contributed by atoms with van der Waals surface area (Å²) in [5.41, 5.74) is 4.66. The number of rotatable bonds is 2. The lowest BCUT2D eigenvalue weighted by Gasteiger charge is -2.32. The molecule has 1 saturated heterocycles. The molecule has 0 spiro atoms. The first-order valence-electron chi connectivity index (χ1n) is 8.57. The number of nitrogens with zero attached hydrogens (tertiary/aromatic N) is 1. The van der Waals surface area contributed by atoms with Crippen LogP contribution in [0.15, 0.2) is 42.5 Å². The molecule has 2 N–H and O–H groups in total. The Morgan fingerprint density at radius 3 is 2.80 bits per heavy atom. The van der Waals surface area contributed by atoms with Crippen LogP contribution in [0.25, 0.3) is 0 Å². The first-order valence-corrected chi connectivity index (χ1v) is 8.57. The molecule has 2 aliphatic rings. The molecule has 0 aromatic heterocycles. The second-order valence-corrected chi connectivity index (χ2v) is 6.90.